The summed E-state index contributed by atoms with van der Waals surface area (Å²) < 4.78 is 12.9. The lowest BCUT2D eigenvalue weighted by Crippen LogP contribution is -2.26. The first-order valence-electron chi connectivity index (χ1n) is 5.42. The Hall–Kier alpha value is -1.08. The number of rotatable bonds is 6. The molecule has 102 valence electrons. The van der Waals surface area contributed by atoms with E-state index in [0.717, 1.165) is 17.4 Å². The van der Waals surface area contributed by atoms with E-state index in [1.54, 1.807) is 18.2 Å². The van der Waals surface area contributed by atoms with E-state index in [-0.39, 0.29) is 6.61 Å². The van der Waals surface area contributed by atoms with Gasteiger partial charge in [-0.05, 0) is 18.2 Å². The molecule has 5 nitrogen and oxygen atoms in total. The average molecular weight is 320 g/mol. The summed E-state index contributed by atoms with van der Waals surface area (Å²) in [6, 6.07) is 5.17. The number of nitrogens with one attached hydrogen (secondary N) is 1. The zero-order chi connectivity index (χ0) is 13.7. The average Bonchev–Trinajstić information content (AvgIpc) is 2.91. The number of hydrogen-bond donors (Lipinski definition) is 2. The quantitative estimate of drug-likeness (QED) is 0.856. The van der Waals surface area contributed by atoms with Gasteiger partial charge in [0, 0.05) is 12.2 Å². The largest absolute Gasteiger partial charge is 0.473 e. The monoisotopic (exact) mass is 319 g/mol. The molecule has 2 rings (SSSR count). The Kier molecular flexibility index (Phi) is 5.21. The number of nitrogens with zero attached hydrogens (tertiary/aromatic N) is 2. The van der Waals surface area contributed by atoms with Crippen LogP contribution in [-0.4, -0.2) is 33.1 Å². The summed E-state index contributed by atoms with van der Waals surface area (Å²) in [5, 5.41) is 13.7. The second kappa shape index (κ2) is 6.91. The molecule has 1 aromatic carbocycles. The maximum absolute atomic E-state index is 9.74. The molecule has 8 heteroatoms. The van der Waals surface area contributed by atoms with E-state index in [9.17, 15) is 5.11 Å². The van der Waals surface area contributed by atoms with Crippen LogP contribution in [0.5, 0.6) is 5.88 Å². The number of hydrogen-bond acceptors (Lipinski definition) is 6. The highest BCUT2D eigenvalue weighted by molar-refractivity contribution is 6.99. The molecule has 0 saturated heterocycles. The molecule has 0 aliphatic heterocycles. The maximum Gasteiger partial charge on any atom is 0.245 e. The van der Waals surface area contributed by atoms with Gasteiger partial charge in [-0.3, -0.25) is 0 Å². The highest BCUT2D eigenvalue weighted by Crippen LogP contribution is 2.24. The molecule has 19 heavy (non-hydrogen) atoms. The Morgan fingerprint density at radius 2 is 2.21 bits per heavy atom. The molecule has 0 fully saturated rings. The molecule has 1 aromatic heterocycles. The van der Waals surface area contributed by atoms with Gasteiger partial charge in [-0.2, -0.15) is 4.37 Å². The van der Waals surface area contributed by atoms with Crippen molar-refractivity contribution in [3.05, 3.63) is 34.4 Å². The fourth-order valence-electron chi connectivity index (χ4n) is 1.30. The van der Waals surface area contributed by atoms with E-state index in [0.29, 0.717) is 22.5 Å². The van der Waals surface area contributed by atoms with Crippen LogP contribution in [0.1, 0.15) is 0 Å². The lowest BCUT2D eigenvalue weighted by atomic mass is 10.3. The first-order chi connectivity index (χ1) is 9.15. The van der Waals surface area contributed by atoms with Crippen LogP contribution < -0.4 is 10.1 Å². The number of anilines is 1. The lowest BCUT2D eigenvalue weighted by Gasteiger charge is -2.13. The molecule has 0 spiro atoms. The smallest absolute Gasteiger partial charge is 0.245 e. The molecule has 2 N–H and O–H groups in total. The Bertz CT molecular complexity index is 525. The normalized spacial score (nSPS) is 12.2. The van der Waals surface area contributed by atoms with E-state index in [1.165, 1.54) is 6.20 Å². The first kappa shape index (κ1) is 14.3. The number of ether oxygens (including phenoxy) is 1. The summed E-state index contributed by atoms with van der Waals surface area (Å²) in [6.45, 7) is 0.468. The fraction of sp³-hybridized carbons (Fsp3) is 0.273. The minimum absolute atomic E-state index is 0.139. The summed E-state index contributed by atoms with van der Waals surface area (Å²) in [5.41, 5.74) is 0.781. The zero-order valence-corrected chi connectivity index (χ0v) is 12.0. The van der Waals surface area contributed by atoms with E-state index in [4.69, 9.17) is 27.9 Å². The van der Waals surface area contributed by atoms with Crippen molar-refractivity contribution in [2.75, 3.05) is 18.5 Å². The Labute approximate surface area is 124 Å². The molecule has 1 atom stereocenters. The predicted octanol–water partition coefficient (Wildman–Crippen LogP) is 2.70. The van der Waals surface area contributed by atoms with Crippen LogP contribution in [0.2, 0.25) is 10.0 Å². The number of halogens is 2. The summed E-state index contributed by atoms with van der Waals surface area (Å²) in [4.78, 5) is 0. The minimum atomic E-state index is -0.670. The van der Waals surface area contributed by atoms with Crippen LogP contribution in [0.4, 0.5) is 5.69 Å². The van der Waals surface area contributed by atoms with Gasteiger partial charge in [-0.15, -0.1) is 4.37 Å². The SMILES string of the molecule is OC(CNc1ccc(Cl)c(Cl)c1)COc1cnsn1. The standard InChI is InChI=1S/C11H11Cl2N3O2S/c12-9-2-1-7(3-10(9)13)14-4-8(17)6-18-11-5-15-19-16-11/h1-3,5,8,14,17H,4,6H2. The Balaban J connectivity index is 1.76. The molecular formula is C11H11Cl2N3O2S. The van der Waals surface area contributed by atoms with Crippen LogP contribution in [0, 0.1) is 0 Å². The summed E-state index contributed by atoms with van der Waals surface area (Å²) in [6.07, 6.45) is 0.834. The van der Waals surface area contributed by atoms with Crippen molar-refractivity contribution in [2.24, 2.45) is 0 Å². The second-order valence-corrected chi connectivity index (χ2v) is 5.09. The van der Waals surface area contributed by atoms with Crippen molar-refractivity contribution in [1.29, 1.82) is 0 Å². The van der Waals surface area contributed by atoms with Gasteiger partial charge in [0.25, 0.3) is 0 Å². The molecule has 0 bridgehead atoms. The molecular weight excluding hydrogens is 309 g/mol. The third-order valence-corrected chi connectivity index (χ3v) is 3.43. The van der Waals surface area contributed by atoms with Crippen molar-refractivity contribution in [3.8, 4) is 5.88 Å². The first-order valence-corrected chi connectivity index (χ1v) is 6.91. The van der Waals surface area contributed by atoms with Gasteiger partial charge < -0.3 is 15.2 Å². The van der Waals surface area contributed by atoms with Gasteiger partial charge in [0.05, 0.1) is 21.8 Å². The highest BCUT2D eigenvalue weighted by Gasteiger charge is 2.07. The van der Waals surface area contributed by atoms with Crippen LogP contribution in [0.15, 0.2) is 24.4 Å². The summed E-state index contributed by atoms with van der Waals surface area (Å²) >= 11 is 12.7. The van der Waals surface area contributed by atoms with E-state index in [2.05, 4.69) is 14.1 Å². The van der Waals surface area contributed by atoms with Crippen molar-refractivity contribution in [3.63, 3.8) is 0 Å². The number of benzene rings is 1. The zero-order valence-electron chi connectivity index (χ0n) is 9.72. The minimum Gasteiger partial charge on any atom is -0.473 e. The lowest BCUT2D eigenvalue weighted by molar-refractivity contribution is 0.115. The Morgan fingerprint density at radius 3 is 2.89 bits per heavy atom. The number of aliphatic hydroxyl groups is 1. The van der Waals surface area contributed by atoms with E-state index in [1.807, 2.05) is 0 Å². The predicted molar refractivity (Wildman–Crippen MR) is 76.4 cm³/mol. The van der Waals surface area contributed by atoms with Crippen molar-refractivity contribution in [2.45, 2.75) is 6.10 Å². The fourth-order valence-corrected chi connectivity index (χ4v) is 1.96. The molecule has 0 aliphatic rings. The second-order valence-electron chi connectivity index (χ2n) is 3.72. The van der Waals surface area contributed by atoms with Gasteiger partial charge in [0.2, 0.25) is 5.88 Å². The molecule has 0 amide bonds. The van der Waals surface area contributed by atoms with Gasteiger partial charge in [0.15, 0.2) is 0 Å². The van der Waals surface area contributed by atoms with E-state index >= 15 is 0 Å². The van der Waals surface area contributed by atoms with Gasteiger partial charge in [-0.25, -0.2) is 0 Å². The third-order valence-electron chi connectivity index (χ3n) is 2.23. The van der Waals surface area contributed by atoms with Crippen LogP contribution in [0.25, 0.3) is 0 Å². The molecule has 0 saturated carbocycles. The van der Waals surface area contributed by atoms with Gasteiger partial charge >= 0.3 is 0 Å². The summed E-state index contributed by atoms with van der Waals surface area (Å²) in [5.74, 6) is 0.415. The van der Waals surface area contributed by atoms with Crippen molar-refractivity contribution in [1.82, 2.24) is 8.75 Å². The molecule has 1 unspecified atom stereocenters. The van der Waals surface area contributed by atoms with Gasteiger partial charge in [-0.1, -0.05) is 23.2 Å². The molecule has 2 aromatic rings. The maximum atomic E-state index is 9.74. The van der Waals surface area contributed by atoms with Crippen molar-refractivity contribution < 1.29 is 9.84 Å². The number of aliphatic hydroxyl groups excluding tert-OH is 1. The number of aromatic nitrogens is 2. The van der Waals surface area contributed by atoms with Gasteiger partial charge in [0.1, 0.15) is 18.9 Å². The third kappa shape index (κ3) is 4.50. The highest BCUT2D eigenvalue weighted by atomic mass is 35.5. The summed E-state index contributed by atoms with van der Waals surface area (Å²) in [7, 11) is 0. The molecule has 0 radical (unpaired) electrons. The topological polar surface area (TPSA) is 67.3 Å². The van der Waals surface area contributed by atoms with Crippen LogP contribution in [-0.2, 0) is 0 Å². The van der Waals surface area contributed by atoms with Crippen LogP contribution >= 0.6 is 34.9 Å². The Morgan fingerprint density at radius 1 is 1.37 bits per heavy atom. The molecule has 1 heterocycles. The van der Waals surface area contributed by atoms with Crippen LogP contribution in [0.3, 0.4) is 0 Å². The molecule has 0 aliphatic carbocycles. The van der Waals surface area contributed by atoms with E-state index < -0.39 is 6.10 Å². The van der Waals surface area contributed by atoms with Crippen molar-refractivity contribution >= 4 is 40.6 Å².